The second kappa shape index (κ2) is 4.56. The number of amides is 1. The van der Waals surface area contributed by atoms with Crippen molar-refractivity contribution >= 4 is 17.3 Å². The first-order valence-electron chi connectivity index (χ1n) is 4.85. The normalized spacial score (nSPS) is 9.94. The van der Waals surface area contributed by atoms with Gasteiger partial charge in [-0.3, -0.25) is 4.79 Å². The van der Waals surface area contributed by atoms with Gasteiger partial charge in [-0.05, 0) is 18.2 Å². The predicted octanol–water partition coefficient (Wildman–Crippen LogP) is 1.52. The van der Waals surface area contributed by atoms with Crippen molar-refractivity contribution in [1.82, 2.24) is 5.16 Å². The largest absolute Gasteiger partial charge is 0.496 e. The number of benzene rings is 1. The quantitative estimate of drug-likeness (QED) is 0.784. The van der Waals surface area contributed by atoms with Gasteiger partial charge in [-0.2, -0.15) is 0 Å². The lowest BCUT2D eigenvalue weighted by atomic mass is 10.1. The second-order valence-electron chi connectivity index (χ2n) is 3.33. The Hall–Kier alpha value is -2.50. The van der Waals surface area contributed by atoms with Crippen molar-refractivity contribution in [2.45, 2.75) is 0 Å². The summed E-state index contributed by atoms with van der Waals surface area (Å²) in [7, 11) is 1.49. The van der Waals surface area contributed by atoms with Gasteiger partial charge in [-0.15, -0.1) is 0 Å². The Morgan fingerprint density at radius 3 is 3.00 bits per heavy atom. The fourth-order valence-corrected chi connectivity index (χ4v) is 1.37. The van der Waals surface area contributed by atoms with E-state index in [1.54, 1.807) is 18.2 Å². The predicted molar refractivity (Wildman–Crippen MR) is 61.9 cm³/mol. The summed E-state index contributed by atoms with van der Waals surface area (Å²) >= 11 is 0. The molecule has 0 aliphatic heterocycles. The molecule has 0 bridgehead atoms. The number of methoxy groups -OCH3 is 1. The van der Waals surface area contributed by atoms with Crippen LogP contribution in [-0.4, -0.2) is 18.2 Å². The molecule has 0 saturated heterocycles. The van der Waals surface area contributed by atoms with E-state index >= 15 is 0 Å². The van der Waals surface area contributed by atoms with Gasteiger partial charge in [0.05, 0.1) is 18.9 Å². The van der Waals surface area contributed by atoms with Crippen molar-refractivity contribution in [2.24, 2.45) is 0 Å². The van der Waals surface area contributed by atoms with Crippen molar-refractivity contribution in [3.8, 4) is 5.75 Å². The zero-order valence-corrected chi connectivity index (χ0v) is 9.14. The highest BCUT2D eigenvalue weighted by molar-refractivity contribution is 6.06. The number of hydrogen-bond acceptors (Lipinski definition) is 5. The lowest BCUT2D eigenvalue weighted by Gasteiger charge is -2.08. The number of nitrogens with one attached hydrogen (secondary N) is 1. The van der Waals surface area contributed by atoms with Gasteiger partial charge in [0.1, 0.15) is 17.7 Å². The summed E-state index contributed by atoms with van der Waals surface area (Å²) in [6.07, 6.45) is 2.73. The van der Waals surface area contributed by atoms with Crippen LogP contribution in [0.25, 0.3) is 0 Å². The zero-order valence-electron chi connectivity index (χ0n) is 9.14. The number of hydrogen-bond donors (Lipinski definition) is 2. The van der Waals surface area contributed by atoms with Gasteiger partial charge in [0, 0.05) is 5.69 Å². The Kier molecular flexibility index (Phi) is 2.95. The molecule has 0 fully saturated rings. The first-order chi connectivity index (χ1) is 8.20. The molecule has 1 amide bonds. The molecule has 1 aromatic heterocycles. The van der Waals surface area contributed by atoms with Crippen LogP contribution in [0.1, 0.15) is 10.4 Å². The van der Waals surface area contributed by atoms with E-state index < -0.39 is 0 Å². The summed E-state index contributed by atoms with van der Waals surface area (Å²) < 4.78 is 9.70. The number of anilines is 2. The van der Waals surface area contributed by atoms with Gasteiger partial charge in [-0.1, -0.05) is 5.16 Å². The molecule has 88 valence electrons. The minimum atomic E-state index is -0.336. The van der Waals surface area contributed by atoms with Crippen LogP contribution in [-0.2, 0) is 0 Å². The van der Waals surface area contributed by atoms with Crippen LogP contribution in [0.15, 0.2) is 35.2 Å². The summed E-state index contributed by atoms with van der Waals surface area (Å²) in [5.41, 5.74) is 6.94. The zero-order chi connectivity index (χ0) is 12.3. The highest BCUT2D eigenvalue weighted by atomic mass is 16.5. The van der Waals surface area contributed by atoms with Crippen molar-refractivity contribution in [3.05, 3.63) is 36.2 Å². The monoisotopic (exact) mass is 233 g/mol. The molecule has 1 aromatic carbocycles. The SMILES string of the molecule is COc1ccc(N)cc1C(=O)Nc1cnoc1. The van der Waals surface area contributed by atoms with Gasteiger partial charge in [0.25, 0.3) is 5.91 Å². The molecule has 0 spiro atoms. The molecule has 0 aliphatic carbocycles. The van der Waals surface area contributed by atoms with Crippen molar-refractivity contribution in [3.63, 3.8) is 0 Å². The molecule has 6 heteroatoms. The fourth-order valence-electron chi connectivity index (χ4n) is 1.37. The third-order valence-corrected chi connectivity index (χ3v) is 2.16. The first kappa shape index (κ1) is 11.0. The molecule has 0 saturated carbocycles. The molecule has 2 aromatic rings. The molecule has 17 heavy (non-hydrogen) atoms. The molecule has 1 heterocycles. The van der Waals surface area contributed by atoms with E-state index in [1.165, 1.54) is 19.6 Å². The Balaban J connectivity index is 2.26. The van der Waals surface area contributed by atoms with Crippen molar-refractivity contribution < 1.29 is 14.1 Å². The number of nitrogen functional groups attached to an aromatic ring is 1. The summed E-state index contributed by atoms with van der Waals surface area (Å²) in [6.45, 7) is 0. The number of nitrogens with two attached hydrogens (primary N) is 1. The fraction of sp³-hybridized carbons (Fsp3) is 0.0909. The van der Waals surface area contributed by atoms with Crippen molar-refractivity contribution in [2.75, 3.05) is 18.2 Å². The summed E-state index contributed by atoms with van der Waals surface area (Å²) in [6, 6.07) is 4.84. The van der Waals surface area contributed by atoms with Crippen LogP contribution in [0.2, 0.25) is 0 Å². The maximum Gasteiger partial charge on any atom is 0.259 e. The Labute approximate surface area is 97.3 Å². The van der Waals surface area contributed by atoms with Gasteiger partial charge < -0.3 is 20.3 Å². The number of aromatic nitrogens is 1. The van der Waals surface area contributed by atoms with Gasteiger partial charge in [0.15, 0.2) is 0 Å². The molecule has 2 rings (SSSR count). The highest BCUT2D eigenvalue weighted by Gasteiger charge is 2.13. The average Bonchev–Trinajstić information content (AvgIpc) is 2.81. The first-order valence-corrected chi connectivity index (χ1v) is 4.85. The van der Waals surface area contributed by atoms with E-state index in [9.17, 15) is 4.79 Å². The summed E-state index contributed by atoms with van der Waals surface area (Å²) in [5, 5.41) is 6.09. The maximum absolute atomic E-state index is 11.9. The smallest absolute Gasteiger partial charge is 0.259 e. The Morgan fingerprint density at radius 1 is 1.53 bits per heavy atom. The number of rotatable bonds is 3. The van der Waals surface area contributed by atoms with E-state index in [0.29, 0.717) is 22.7 Å². The average molecular weight is 233 g/mol. The van der Waals surface area contributed by atoms with Crippen LogP contribution in [0.5, 0.6) is 5.75 Å². The third kappa shape index (κ3) is 2.36. The molecule has 0 atom stereocenters. The lowest BCUT2D eigenvalue weighted by molar-refractivity contribution is 0.102. The summed E-state index contributed by atoms with van der Waals surface area (Å²) in [5.74, 6) is 0.116. The standard InChI is InChI=1S/C11H11N3O3/c1-16-10-3-2-7(12)4-9(10)11(15)14-8-5-13-17-6-8/h2-6H,12H2,1H3,(H,14,15). The molecule has 0 radical (unpaired) electrons. The molecule has 0 unspecified atom stereocenters. The van der Waals surface area contributed by atoms with E-state index in [1.807, 2.05) is 0 Å². The van der Waals surface area contributed by atoms with E-state index in [-0.39, 0.29) is 5.91 Å². The van der Waals surface area contributed by atoms with Crippen LogP contribution >= 0.6 is 0 Å². The number of carbonyl (C=O) groups excluding carboxylic acids is 1. The molecular weight excluding hydrogens is 222 g/mol. The van der Waals surface area contributed by atoms with Crippen molar-refractivity contribution in [1.29, 1.82) is 0 Å². The van der Waals surface area contributed by atoms with E-state index in [4.69, 9.17) is 10.5 Å². The highest BCUT2D eigenvalue weighted by Crippen LogP contribution is 2.22. The Morgan fingerprint density at radius 2 is 2.35 bits per heavy atom. The summed E-state index contributed by atoms with van der Waals surface area (Å²) in [4.78, 5) is 11.9. The number of ether oxygens (including phenoxy) is 1. The van der Waals surface area contributed by atoms with E-state index in [2.05, 4.69) is 15.0 Å². The molecule has 6 nitrogen and oxygen atoms in total. The minimum Gasteiger partial charge on any atom is -0.496 e. The molecule has 0 aliphatic rings. The van der Waals surface area contributed by atoms with Crippen LogP contribution in [0.4, 0.5) is 11.4 Å². The molecular formula is C11H11N3O3. The van der Waals surface area contributed by atoms with Gasteiger partial charge in [-0.25, -0.2) is 0 Å². The number of carbonyl (C=O) groups is 1. The van der Waals surface area contributed by atoms with Crippen LogP contribution < -0.4 is 15.8 Å². The van der Waals surface area contributed by atoms with Gasteiger partial charge >= 0.3 is 0 Å². The minimum absolute atomic E-state index is 0.336. The van der Waals surface area contributed by atoms with Crippen LogP contribution in [0.3, 0.4) is 0 Å². The lowest BCUT2D eigenvalue weighted by Crippen LogP contribution is -2.13. The Bertz CT molecular complexity index is 523. The maximum atomic E-state index is 11.9. The number of nitrogens with zero attached hydrogens (tertiary/aromatic N) is 1. The van der Waals surface area contributed by atoms with Gasteiger partial charge in [0.2, 0.25) is 0 Å². The molecule has 3 N–H and O–H groups in total. The van der Waals surface area contributed by atoms with E-state index in [0.717, 1.165) is 0 Å². The third-order valence-electron chi connectivity index (χ3n) is 2.16. The van der Waals surface area contributed by atoms with Crippen LogP contribution in [0, 0.1) is 0 Å². The topological polar surface area (TPSA) is 90.4 Å². The second-order valence-corrected chi connectivity index (χ2v) is 3.33.